The largest absolute Gasteiger partial charge is 0.436 e. The van der Waals surface area contributed by atoms with Crippen LogP contribution in [0.1, 0.15) is 29.2 Å². The van der Waals surface area contributed by atoms with E-state index < -0.39 is 29.4 Å². The maximum atomic E-state index is 13.1. The number of carbonyl (C=O) groups excluding carboxylic acids is 1. The summed E-state index contributed by atoms with van der Waals surface area (Å²) in [6, 6.07) is -0.142. The maximum Gasteiger partial charge on any atom is 0.436 e. The molecule has 0 aromatic carbocycles. The van der Waals surface area contributed by atoms with Gasteiger partial charge in [0.1, 0.15) is 0 Å². The second-order valence-corrected chi connectivity index (χ2v) is 5.71. The fourth-order valence-electron chi connectivity index (χ4n) is 3.09. The molecular formula is C13H14F4N4O. The molecule has 2 fully saturated rings. The summed E-state index contributed by atoms with van der Waals surface area (Å²) in [6.45, 7) is 2.63. The van der Waals surface area contributed by atoms with Crippen molar-refractivity contribution in [1.82, 2.24) is 20.2 Å². The summed E-state index contributed by atoms with van der Waals surface area (Å²) in [4.78, 5) is 20.6. The summed E-state index contributed by atoms with van der Waals surface area (Å²) in [5, 5.41) is 2.64. The van der Waals surface area contributed by atoms with E-state index in [0.717, 1.165) is 25.9 Å². The lowest BCUT2D eigenvalue weighted by atomic mass is 9.97. The summed E-state index contributed by atoms with van der Waals surface area (Å²) in [6.07, 6.45) is -2.73. The Kier molecular flexibility index (Phi) is 3.75. The lowest BCUT2D eigenvalue weighted by molar-refractivity contribution is -0.143. The van der Waals surface area contributed by atoms with Crippen LogP contribution in [0.2, 0.25) is 0 Å². The fourth-order valence-corrected chi connectivity index (χ4v) is 3.09. The number of nitrogens with zero attached hydrogens (tertiary/aromatic N) is 3. The van der Waals surface area contributed by atoms with E-state index in [2.05, 4.69) is 20.2 Å². The minimum Gasteiger partial charge on any atom is -0.345 e. The van der Waals surface area contributed by atoms with E-state index in [-0.39, 0.29) is 6.04 Å². The number of rotatable bonds is 2. The number of alkyl halides is 3. The van der Waals surface area contributed by atoms with Gasteiger partial charge in [0.2, 0.25) is 5.82 Å². The molecule has 0 aliphatic carbocycles. The van der Waals surface area contributed by atoms with Crippen LogP contribution < -0.4 is 5.32 Å². The predicted octanol–water partition coefficient (Wildman–Crippen LogP) is 1.46. The third-order valence-corrected chi connectivity index (χ3v) is 4.02. The van der Waals surface area contributed by atoms with Crippen molar-refractivity contribution < 1.29 is 22.4 Å². The number of hydrogen-bond donors (Lipinski definition) is 1. The van der Waals surface area contributed by atoms with Crippen LogP contribution in [0.15, 0.2) is 6.20 Å². The van der Waals surface area contributed by atoms with E-state index in [1.807, 2.05) is 0 Å². The summed E-state index contributed by atoms with van der Waals surface area (Å²) in [5.74, 6) is -2.57. The molecule has 2 saturated heterocycles. The first-order valence-corrected chi connectivity index (χ1v) is 6.96. The number of amides is 1. The number of carbonyl (C=O) groups is 1. The molecule has 1 aromatic heterocycles. The molecule has 0 spiro atoms. The van der Waals surface area contributed by atoms with Crippen molar-refractivity contribution in [2.75, 3.05) is 19.6 Å². The van der Waals surface area contributed by atoms with Crippen LogP contribution in [0.5, 0.6) is 0 Å². The monoisotopic (exact) mass is 318 g/mol. The van der Waals surface area contributed by atoms with Gasteiger partial charge in [0, 0.05) is 19.1 Å². The van der Waals surface area contributed by atoms with Gasteiger partial charge in [-0.1, -0.05) is 0 Å². The molecule has 3 unspecified atom stereocenters. The Hall–Kier alpha value is -1.77. The molecule has 9 heteroatoms. The molecule has 0 saturated carbocycles. The molecule has 3 atom stereocenters. The molecule has 1 N–H and O–H groups in total. The van der Waals surface area contributed by atoms with Crippen molar-refractivity contribution in [1.29, 1.82) is 0 Å². The Bertz CT molecular complexity index is 580. The Morgan fingerprint density at radius 1 is 1.36 bits per heavy atom. The van der Waals surface area contributed by atoms with Gasteiger partial charge in [0.05, 0.1) is 6.20 Å². The van der Waals surface area contributed by atoms with Gasteiger partial charge in [-0.05, 0) is 25.3 Å². The Morgan fingerprint density at radius 2 is 2.14 bits per heavy atom. The number of hydrogen-bond acceptors (Lipinski definition) is 4. The average Bonchev–Trinajstić information content (AvgIpc) is 2.77. The molecule has 0 radical (unpaired) electrons. The molecule has 1 amide bonds. The first-order chi connectivity index (χ1) is 10.3. The van der Waals surface area contributed by atoms with Crippen LogP contribution in [0.4, 0.5) is 17.6 Å². The van der Waals surface area contributed by atoms with Crippen LogP contribution >= 0.6 is 0 Å². The van der Waals surface area contributed by atoms with Crippen molar-refractivity contribution in [3.63, 3.8) is 0 Å². The second kappa shape index (κ2) is 5.45. The molecule has 2 bridgehead atoms. The first-order valence-electron chi connectivity index (χ1n) is 6.96. The van der Waals surface area contributed by atoms with Gasteiger partial charge in [0.25, 0.3) is 5.91 Å². The normalized spacial score (nSPS) is 27.7. The van der Waals surface area contributed by atoms with E-state index in [4.69, 9.17) is 0 Å². The lowest BCUT2D eigenvalue weighted by Crippen LogP contribution is -2.47. The zero-order valence-corrected chi connectivity index (χ0v) is 11.5. The molecule has 1 aromatic rings. The Balaban J connectivity index is 1.72. The van der Waals surface area contributed by atoms with Gasteiger partial charge < -0.3 is 10.2 Å². The zero-order valence-electron chi connectivity index (χ0n) is 11.5. The SMILES string of the molecule is O=C(NC1CC2CCN(C2)C1)c1ncc(F)c(C(F)(F)F)n1. The molecule has 5 nitrogen and oxygen atoms in total. The van der Waals surface area contributed by atoms with Gasteiger partial charge in [0.15, 0.2) is 11.5 Å². The molecule has 2 aliphatic heterocycles. The summed E-state index contributed by atoms with van der Waals surface area (Å²) in [5.41, 5.74) is -1.72. The Morgan fingerprint density at radius 3 is 2.82 bits per heavy atom. The molecule has 120 valence electrons. The highest BCUT2D eigenvalue weighted by molar-refractivity contribution is 5.90. The summed E-state index contributed by atoms with van der Waals surface area (Å²) in [7, 11) is 0. The topological polar surface area (TPSA) is 58.1 Å². The number of piperidine rings is 1. The van der Waals surface area contributed by atoms with E-state index in [1.54, 1.807) is 0 Å². The van der Waals surface area contributed by atoms with E-state index in [0.29, 0.717) is 18.7 Å². The maximum absolute atomic E-state index is 13.1. The van der Waals surface area contributed by atoms with Crippen LogP contribution in [0.3, 0.4) is 0 Å². The zero-order chi connectivity index (χ0) is 15.9. The van der Waals surface area contributed by atoms with Crippen molar-refractivity contribution >= 4 is 5.91 Å². The number of fused-ring (bicyclic) bond motifs is 2. The number of nitrogens with one attached hydrogen (secondary N) is 1. The highest BCUT2D eigenvalue weighted by Crippen LogP contribution is 2.29. The van der Waals surface area contributed by atoms with E-state index in [1.165, 1.54) is 0 Å². The molecule has 2 aliphatic rings. The van der Waals surface area contributed by atoms with Crippen LogP contribution in [-0.4, -0.2) is 46.5 Å². The summed E-state index contributed by atoms with van der Waals surface area (Å²) >= 11 is 0. The molecule has 3 heterocycles. The average molecular weight is 318 g/mol. The van der Waals surface area contributed by atoms with Gasteiger partial charge in [-0.15, -0.1) is 0 Å². The summed E-state index contributed by atoms with van der Waals surface area (Å²) < 4.78 is 50.9. The predicted molar refractivity (Wildman–Crippen MR) is 67.4 cm³/mol. The first kappa shape index (κ1) is 15.1. The third-order valence-electron chi connectivity index (χ3n) is 4.02. The van der Waals surface area contributed by atoms with Gasteiger partial charge in [-0.25, -0.2) is 14.4 Å². The molecular weight excluding hydrogens is 304 g/mol. The van der Waals surface area contributed by atoms with E-state index in [9.17, 15) is 22.4 Å². The van der Waals surface area contributed by atoms with Gasteiger partial charge in [-0.2, -0.15) is 13.2 Å². The number of aromatic nitrogens is 2. The Labute approximate surface area is 123 Å². The third kappa shape index (κ3) is 3.03. The van der Waals surface area contributed by atoms with Crippen molar-refractivity contribution in [3.05, 3.63) is 23.5 Å². The lowest BCUT2D eigenvalue weighted by Gasteiger charge is -2.30. The second-order valence-electron chi connectivity index (χ2n) is 5.71. The van der Waals surface area contributed by atoms with Gasteiger partial charge >= 0.3 is 6.18 Å². The minimum atomic E-state index is -4.96. The quantitative estimate of drug-likeness (QED) is 0.839. The van der Waals surface area contributed by atoms with Crippen LogP contribution in [0.25, 0.3) is 0 Å². The highest BCUT2D eigenvalue weighted by atomic mass is 19.4. The van der Waals surface area contributed by atoms with Gasteiger partial charge in [-0.3, -0.25) is 4.79 Å². The van der Waals surface area contributed by atoms with Crippen molar-refractivity contribution in [2.24, 2.45) is 5.92 Å². The van der Waals surface area contributed by atoms with Crippen LogP contribution in [0, 0.1) is 11.7 Å². The van der Waals surface area contributed by atoms with Crippen molar-refractivity contribution in [3.8, 4) is 0 Å². The van der Waals surface area contributed by atoms with E-state index >= 15 is 0 Å². The smallest absolute Gasteiger partial charge is 0.345 e. The van der Waals surface area contributed by atoms with Crippen LogP contribution in [-0.2, 0) is 6.18 Å². The molecule has 3 rings (SSSR count). The standard InChI is InChI=1S/C13H14F4N4O/c14-9-4-18-11(20-10(9)13(15,16)17)12(22)19-8-3-7-1-2-21(5-7)6-8/h4,7-8H,1-3,5-6H2,(H,19,22). The fraction of sp³-hybridized carbons (Fsp3) is 0.615. The van der Waals surface area contributed by atoms with Crippen molar-refractivity contribution in [2.45, 2.75) is 25.1 Å². The molecule has 22 heavy (non-hydrogen) atoms. The highest BCUT2D eigenvalue weighted by Gasteiger charge is 2.38. The number of halogens is 4. The minimum absolute atomic E-state index is 0.142.